The van der Waals surface area contributed by atoms with Crippen LogP contribution in [0.4, 0.5) is 0 Å². The monoisotopic (exact) mass is 277 g/mol. The van der Waals surface area contributed by atoms with Crippen LogP contribution in [0.25, 0.3) is 0 Å². The standard InChI is InChI=1S/C18H31NO/c1-10(20)5-11-6-12-7-14(11)16-13(9-19)8-15(17(12)16)18(2,3)4/h11-17H,5-9,19H2,1-4H3. The van der Waals surface area contributed by atoms with Gasteiger partial charge in [0.15, 0.2) is 0 Å². The SMILES string of the molecule is CC(=O)CC1CC2CC1C1C(CN)CC(C(C)(C)C)C21. The first-order chi connectivity index (χ1) is 9.32. The third kappa shape index (κ3) is 2.15. The molecule has 3 rings (SSSR count). The second kappa shape index (κ2) is 4.83. The number of ketones is 1. The van der Waals surface area contributed by atoms with E-state index in [2.05, 4.69) is 20.8 Å². The summed E-state index contributed by atoms with van der Waals surface area (Å²) in [4.78, 5) is 11.5. The fourth-order valence-corrected chi connectivity index (χ4v) is 6.28. The molecule has 0 radical (unpaired) electrons. The van der Waals surface area contributed by atoms with Gasteiger partial charge in [0, 0.05) is 6.42 Å². The van der Waals surface area contributed by atoms with E-state index in [1.807, 2.05) is 0 Å². The zero-order chi connectivity index (χ0) is 14.7. The summed E-state index contributed by atoms with van der Waals surface area (Å²) in [5.74, 6) is 6.03. The molecular formula is C18H31NO. The molecule has 0 aromatic carbocycles. The summed E-state index contributed by atoms with van der Waals surface area (Å²) < 4.78 is 0. The smallest absolute Gasteiger partial charge is 0.130 e. The molecule has 114 valence electrons. The minimum atomic E-state index is 0.383. The molecule has 2 N–H and O–H groups in total. The number of hydrogen-bond acceptors (Lipinski definition) is 2. The van der Waals surface area contributed by atoms with Gasteiger partial charge in [0.25, 0.3) is 0 Å². The molecule has 3 aliphatic rings. The average Bonchev–Trinajstić information content (AvgIpc) is 2.94. The number of carbonyl (C=O) groups is 1. The van der Waals surface area contributed by atoms with Crippen molar-refractivity contribution in [2.24, 2.45) is 52.6 Å². The Labute approximate surface area is 123 Å². The number of rotatable bonds is 3. The lowest BCUT2D eigenvalue weighted by atomic mass is 9.66. The molecular weight excluding hydrogens is 246 g/mol. The summed E-state index contributed by atoms with van der Waals surface area (Å²) in [5.41, 5.74) is 6.52. The Balaban J connectivity index is 1.83. The van der Waals surface area contributed by atoms with E-state index in [0.717, 1.165) is 42.6 Å². The molecule has 0 heterocycles. The molecule has 0 amide bonds. The van der Waals surface area contributed by atoms with Crippen LogP contribution in [0.1, 0.15) is 53.4 Å². The highest BCUT2D eigenvalue weighted by molar-refractivity contribution is 5.75. The fraction of sp³-hybridized carbons (Fsp3) is 0.944. The van der Waals surface area contributed by atoms with E-state index < -0.39 is 0 Å². The van der Waals surface area contributed by atoms with Crippen LogP contribution in [-0.2, 0) is 4.79 Å². The van der Waals surface area contributed by atoms with Crippen molar-refractivity contribution >= 4 is 5.78 Å². The van der Waals surface area contributed by atoms with Gasteiger partial charge in [-0.15, -0.1) is 0 Å². The molecule has 3 aliphatic carbocycles. The summed E-state index contributed by atoms with van der Waals surface area (Å²) in [6.45, 7) is 9.84. The van der Waals surface area contributed by atoms with E-state index in [-0.39, 0.29) is 0 Å². The summed E-state index contributed by atoms with van der Waals surface area (Å²) in [5, 5.41) is 0. The second-order valence-corrected chi connectivity index (χ2v) is 8.92. The van der Waals surface area contributed by atoms with Gasteiger partial charge in [0.2, 0.25) is 0 Å². The summed E-state index contributed by atoms with van der Waals surface area (Å²) in [6, 6.07) is 0. The summed E-state index contributed by atoms with van der Waals surface area (Å²) >= 11 is 0. The lowest BCUT2D eigenvalue weighted by molar-refractivity contribution is -0.118. The van der Waals surface area contributed by atoms with E-state index in [1.54, 1.807) is 6.92 Å². The first kappa shape index (κ1) is 14.6. The van der Waals surface area contributed by atoms with Crippen LogP contribution in [0.5, 0.6) is 0 Å². The molecule has 0 aromatic heterocycles. The minimum absolute atomic E-state index is 0.383. The van der Waals surface area contributed by atoms with E-state index in [4.69, 9.17) is 5.73 Å². The van der Waals surface area contributed by atoms with Crippen molar-refractivity contribution in [3.05, 3.63) is 0 Å². The molecule has 3 saturated carbocycles. The molecule has 0 aromatic rings. The number of nitrogens with two attached hydrogens (primary N) is 1. The predicted octanol–water partition coefficient (Wildman–Crippen LogP) is 3.49. The Morgan fingerprint density at radius 1 is 1.10 bits per heavy atom. The Hall–Kier alpha value is -0.370. The van der Waals surface area contributed by atoms with Crippen molar-refractivity contribution in [2.75, 3.05) is 6.54 Å². The first-order valence-electron chi connectivity index (χ1n) is 8.52. The largest absolute Gasteiger partial charge is 0.330 e. The maximum atomic E-state index is 11.5. The Morgan fingerprint density at radius 3 is 2.35 bits per heavy atom. The Morgan fingerprint density at radius 2 is 1.80 bits per heavy atom. The zero-order valence-corrected chi connectivity index (χ0v) is 13.6. The number of Topliss-reactive ketones (excluding diaryl/α,β-unsaturated/α-hetero) is 1. The molecule has 7 atom stereocenters. The van der Waals surface area contributed by atoms with Gasteiger partial charge in [-0.2, -0.15) is 0 Å². The van der Waals surface area contributed by atoms with Crippen molar-refractivity contribution in [1.29, 1.82) is 0 Å². The third-order valence-electron chi connectivity index (χ3n) is 6.80. The van der Waals surface area contributed by atoms with Crippen molar-refractivity contribution in [3.63, 3.8) is 0 Å². The summed E-state index contributed by atoms with van der Waals surface area (Å²) in [6.07, 6.45) is 4.85. The van der Waals surface area contributed by atoms with Crippen molar-refractivity contribution in [3.8, 4) is 0 Å². The lowest BCUT2D eigenvalue weighted by Crippen LogP contribution is -2.35. The topological polar surface area (TPSA) is 43.1 Å². The maximum absolute atomic E-state index is 11.5. The average molecular weight is 277 g/mol. The van der Waals surface area contributed by atoms with Gasteiger partial charge >= 0.3 is 0 Å². The fourth-order valence-electron chi connectivity index (χ4n) is 6.28. The van der Waals surface area contributed by atoms with Gasteiger partial charge in [-0.1, -0.05) is 20.8 Å². The maximum Gasteiger partial charge on any atom is 0.130 e. The molecule has 2 nitrogen and oxygen atoms in total. The highest BCUT2D eigenvalue weighted by Gasteiger charge is 2.61. The Kier molecular flexibility index (Phi) is 3.52. The van der Waals surface area contributed by atoms with E-state index in [1.165, 1.54) is 19.3 Å². The zero-order valence-electron chi connectivity index (χ0n) is 13.6. The summed E-state index contributed by atoms with van der Waals surface area (Å²) in [7, 11) is 0. The quantitative estimate of drug-likeness (QED) is 0.858. The molecule has 2 heteroatoms. The second-order valence-electron chi connectivity index (χ2n) is 8.92. The van der Waals surface area contributed by atoms with E-state index in [0.29, 0.717) is 23.0 Å². The number of hydrogen-bond donors (Lipinski definition) is 1. The highest BCUT2D eigenvalue weighted by atomic mass is 16.1. The van der Waals surface area contributed by atoms with Crippen LogP contribution < -0.4 is 5.73 Å². The van der Waals surface area contributed by atoms with Gasteiger partial charge in [0.05, 0.1) is 0 Å². The lowest BCUT2D eigenvalue weighted by Gasteiger charge is -2.39. The van der Waals surface area contributed by atoms with Crippen LogP contribution in [0.15, 0.2) is 0 Å². The van der Waals surface area contributed by atoms with Crippen molar-refractivity contribution < 1.29 is 4.79 Å². The molecule has 20 heavy (non-hydrogen) atoms. The van der Waals surface area contributed by atoms with Crippen LogP contribution >= 0.6 is 0 Å². The normalized spacial score (nSPS) is 46.8. The van der Waals surface area contributed by atoms with Crippen LogP contribution in [-0.4, -0.2) is 12.3 Å². The van der Waals surface area contributed by atoms with Crippen molar-refractivity contribution in [2.45, 2.75) is 53.4 Å². The van der Waals surface area contributed by atoms with Gasteiger partial charge in [0.1, 0.15) is 5.78 Å². The third-order valence-corrected chi connectivity index (χ3v) is 6.80. The van der Waals surface area contributed by atoms with Gasteiger partial charge in [-0.25, -0.2) is 0 Å². The Bertz CT molecular complexity index is 397. The van der Waals surface area contributed by atoms with Gasteiger partial charge < -0.3 is 10.5 Å². The molecule has 0 spiro atoms. The molecule has 7 unspecified atom stereocenters. The van der Waals surface area contributed by atoms with Crippen molar-refractivity contribution in [1.82, 2.24) is 0 Å². The van der Waals surface area contributed by atoms with E-state index in [9.17, 15) is 4.79 Å². The molecule has 2 bridgehead atoms. The molecule has 3 fully saturated rings. The van der Waals surface area contributed by atoms with Crippen LogP contribution in [0.2, 0.25) is 0 Å². The van der Waals surface area contributed by atoms with Gasteiger partial charge in [-0.3, -0.25) is 0 Å². The molecule has 0 aliphatic heterocycles. The minimum Gasteiger partial charge on any atom is -0.330 e. The highest BCUT2D eigenvalue weighted by Crippen LogP contribution is 2.67. The molecule has 0 saturated heterocycles. The predicted molar refractivity (Wildman–Crippen MR) is 82.1 cm³/mol. The van der Waals surface area contributed by atoms with Gasteiger partial charge in [-0.05, 0) is 79.6 Å². The number of carbonyl (C=O) groups excluding carboxylic acids is 1. The van der Waals surface area contributed by atoms with E-state index >= 15 is 0 Å². The number of fused-ring (bicyclic) bond motifs is 5. The van der Waals surface area contributed by atoms with Crippen LogP contribution in [0.3, 0.4) is 0 Å². The van der Waals surface area contributed by atoms with Crippen LogP contribution in [0, 0.1) is 46.8 Å². The first-order valence-corrected chi connectivity index (χ1v) is 8.52.